The van der Waals surface area contributed by atoms with Crippen molar-refractivity contribution in [3.05, 3.63) is 112 Å². The lowest BCUT2D eigenvalue weighted by Gasteiger charge is -2.36. The zero-order valence-electron chi connectivity index (χ0n) is 19.2. The van der Waals surface area contributed by atoms with Gasteiger partial charge in [-0.1, -0.05) is 42.5 Å². The second-order valence-corrected chi connectivity index (χ2v) is 8.50. The number of nitrogens with zero attached hydrogens (tertiary/aromatic N) is 5. The molecule has 4 aromatic rings. The number of carbonyl (C=O) groups is 1. The van der Waals surface area contributed by atoms with Gasteiger partial charge >= 0.3 is 0 Å². The van der Waals surface area contributed by atoms with E-state index in [0.717, 1.165) is 22.4 Å². The van der Waals surface area contributed by atoms with E-state index in [1.807, 2.05) is 46.1 Å². The molecule has 0 N–H and O–H groups in total. The predicted molar refractivity (Wildman–Crippen MR) is 134 cm³/mol. The Morgan fingerprint density at radius 3 is 2.26 bits per heavy atom. The maximum Gasteiger partial charge on any atom is 0.269 e. The highest BCUT2D eigenvalue weighted by Crippen LogP contribution is 2.27. The van der Waals surface area contributed by atoms with Crippen molar-refractivity contribution in [3.63, 3.8) is 0 Å². The number of hydrogen-bond donors (Lipinski definition) is 0. The van der Waals surface area contributed by atoms with Crippen LogP contribution in [0.1, 0.15) is 15.9 Å². The summed E-state index contributed by atoms with van der Waals surface area (Å²) in [4.78, 5) is 28.0. The molecule has 0 saturated carbocycles. The van der Waals surface area contributed by atoms with Crippen molar-refractivity contribution in [2.45, 2.75) is 6.54 Å². The second kappa shape index (κ2) is 9.80. The standard InChI is InChI=1S/C27H25N5O3/c33-27(30-18-16-29(17-19-30)23-10-12-24(13-11-23)32(34)35)26-5-2-1-4-25(26)22-8-6-21(7-9-22)20-31-15-3-14-28-31/h1-15H,16-20H2. The normalized spacial score (nSPS) is 13.6. The monoisotopic (exact) mass is 467 g/mol. The molecule has 0 aliphatic carbocycles. The molecule has 3 aromatic carbocycles. The molecular weight excluding hydrogens is 442 g/mol. The quantitative estimate of drug-likeness (QED) is 0.309. The summed E-state index contributed by atoms with van der Waals surface area (Å²) in [5.41, 5.74) is 4.76. The highest BCUT2D eigenvalue weighted by atomic mass is 16.6. The minimum absolute atomic E-state index is 0.0181. The Morgan fingerprint density at radius 2 is 1.60 bits per heavy atom. The maximum absolute atomic E-state index is 13.5. The molecule has 2 heterocycles. The van der Waals surface area contributed by atoms with Gasteiger partial charge in [-0.2, -0.15) is 5.10 Å². The minimum atomic E-state index is -0.398. The molecule has 176 valence electrons. The Morgan fingerprint density at radius 1 is 0.886 bits per heavy atom. The van der Waals surface area contributed by atoms with Gasteiger partial charge in [0, 0.05) is 62.0 Å². The molecule has 8 heteroatoms. The Labute approximate surface area is 203 Å². The predicted octanol–water partition coefficient (Wildman–Crippen LogP) is 4.47. The van der Waals surface area contributed by atoms with E-state index in [2.05, 4.69) is 34.3 Å². The van der Waals surface area contributed by atoms with Gasteiger partial charge in [-0.3, -0.25) is 19.6 Å². The van der Waals surface area contributed by atoms with Gasteiger partial charge in [-0.15, -0.1) is 0 Å². The van der Waals surface area contributed by atoms with Crippen LogP contribution in [0.15, 0.2) is 91.3 Å². The van der Waals surface area contributed by atoms with E-state index in [9.17, 15) is 14.9 Å². The topological polar surface area (TPSA) is 84.5 Å². The van der Waals surface area contributed by atoms with Crippen LogP contribution in [0, 0.1) is 10.1 Å². The van der Waals surface area contributed by atoms with Crippen molar-refractivity contribution >= 4 is 17.3 Å². The molecule has 1 aliphatic rings. The van der Waals surface area contributed by atoms with Crippen molar-refractivity contribution in [3.8, 4) is 11.1 Å². The largest absolute Gasteiger partial charge is 0.368 e. The summed E-state index contributed by atoms with van der Waals surface area (Å²) < 4.78 is 1.88. The number of piperazine rings is 1. The summed E-state index contributed by atoms with van der Waals surface area (Å²) in [7, 11) is 0. The Bertz CT molecular complexity index is 1310. The van der Waals surface area contributed by atoms with Crippen LogP contribution >= 0.6 is 0 Å². The molecule has 0 spiro atoms. The van der Waals surface area contributed by atoms with Crippen molar-refractivity contribution in [2.75, 3.05) is 31.1 Å². The van der Waals surface area contributed by atoms with Crippen LogP contribution in [0.2, 0.25) is 0 Å². The van der Waals surface area contributed by atoms with Crippen LogP contribution in [0.25, 0.3) is 11.1 Å². The fraction of sp³-hybridized carbons (Fsp3) is 0.185. The van der Waals surface area contributed by atoms with Gasteiger partial charge in [0.2, 0.25) is 0 Å². The van der Waals surface area contributed by atoms with Crippen molar-refractivity contribution in [2.24, 2.45) is 0 Å². The lowest BCUT2D eigenvalue weighted by molar-refractivity contribution is -0.384. The van der Waals surface area contributed by atoms with Crippen molar-refractivity contribution in [1.82, 2.24) is 14.7 Å². The first-order chi connectivity index (χ1) is 17.1. The fourth-order valence-electron chi connectivity index (χ4n) is 4.42. The average molecular weight is 468 g/mol. The van der Waals surface area contributed by atoms with Gasteiger partial charge in [-0.05, 0) is 41.0 Å². The van der Waals surface area contributed by atoms with E-state index in [4.69, 9.17) is 0 Å². The van der Waals surface area contributed by atoms with Crippen LogP contribution in [0.4, 0.5) is 11.4 Å². The molecule has 0 bridgehead atoms. The zero-order valence-corrected chi connectivity index (χ0v) is 19.2. The van der Waals surface area contributed by atoms with Crippen LogP contribution in [-0.4, -0.2) is 51.7 Å². The third-order valence-corrected chi connectivity index (χ3v) is 6.32. The molecule has 35 heavy (non-hydrogen) atoms. The molecular formula is C27H25N5O3. The van der Waals surface area contributed by atoms with Crippen LogP contribution in [0.5, 0.6) is 0 Å². The second-order valence-electron chi connectivity index (χ2n) is 8.50. The van der Waals surface area contributed by atoms with E-state index in [0.29, 0.717) is 38.3 Å². The number of rotatable bonds is 6. The summed E-state index contributed by atoms with van der Waals surface area (Å²) in [6, 6.07) is 24.4. The fourth-order valence-corrected chi connectivity index (χ4v) is 4.42. The van der Waals surface area contributed by atoms with Gasteiger partial charge < -0.3 is 9.80 Å². The number of nitro benzene ring substituents is 1. The van der Waals surface area contributed by atoms with Gasteiger partial charge in [0.1, 0.15) is 0 Å². The average Bonchev–Trinajstić information content (AvgIpc) is 3.42. The van der Waals surface area contributed by atoms with Crippen LogP contribution < -0.4 is 4.90 Å². The van der Waals surface area contributed by atoms with Gasteiger partial charge in [0.05, 0.1) is 11.5 Å². The number of amides is 1. The lowest BCUT2D eigenvalue weighted by atomic mass is 9.97. The van der Waals surface area contributed by atoms with Gasteiger partial charge in [0.25, 0.3) is 11.6 Å². The molecule has 5 rings (SSSR count). The van der Waals surface area contributed by atoms with Gasteiger partial charge in [0.15, 0.2) is 0 Å². The third kappa shape index (κ3) is 4.91. The van der Waals surface area contributed by atoms with Gasteiger partial charge in [-0.25, -0.2) is 0 Å². The Balaban J connectivity index is 1.27. The maximum atomic E-state index is 13.5. The molecule has 1 fully saturated rings. The number of nitro groups is 1. The summed E-state index contributed by atoms with van der Waals surface area (Å²) >= 11 is 0. The first-order valence-corrected chi connectivity index (χ1v) is 11.5. The van der Waals surface area contributed by atoms with Crippen molar-refractivity contribution < 1.29 is 9.72 Å². The summed E-state index contributed by atoms with van der Waals surface area (Å²) in [6.45, 7) is 3.23. The van der Waals surface area contributed by atoms with E-state index in [1.165, 1.54) is 12.1 Å². The summed E-state index contributed by atoms with van der Waals surface area (Å²) in [5.74, 6) is 0.0181. The molecule has 1 saturated heterocycles. The zero-order chi connectivity index (χ0) is 24.2. The molecule has 8 nitrogen and oxygen atoms in total. The SMILES string of the molecule is O=C(c1ccccc1-c1ccc(Cn2cccn2)cc1)N1CCN(c2ccc([N+](=O)[O-])cc2)CC1. The first-order valence-electron chi connectivity index (χ1n) is 11.5. The molecule has 1 amide bonds. The third-order valence-electron chi connectivity index (χ3n) is 6.32. The lowest BCUT2D eigenvalue weighted by Crippen LogP contribution is -2.48. The smallest absolute Gasteiger partial charge is 0.269 e. The number of non-ortho nitro benzene ring substituents is 1. The molecule has 1 aromatic heterocycles. The Hall–Kier alpha value is -4.46. The summed E-state index contributed by atoms with van der Waals surface area (Å²) in [5, 5.41) is 15.1. The molecule has 0 unspecified atom stereocenters. The molecule has 0 radical (unpaired) electrons. The number of hydrogen-bond acceptors (Lipinski definition) is 5. The van der Waals surface area contributed by atoms with E-state index >= 15 is 0 Å². The first kappa shape index (κ1) is 22.3. The minimum Gasteiger partial charge on any atom is -0.368 e. The van der Waals surface area contributed by atoms with Crippen LogP contribution in [-0.2, 0) is 6.54 Å². The van der Waals surface area contributed by atoms with E-state index in [-0.39, 0.29) is 11.6 Å². The Kier molecular flexibility index (Phi) is 6.26. The highest BCUT2D eigenvalue weighted by Gasteiger charge is 2.24. The number of benzene rings is 3. The number of carbonyl (C=O) groups excluding carboxylic acids is 1. The number of aromatic nitrogens is 2. The highest BCUT2D eigenvalue weighted by molar-refractivity contribution is 6.01. The molecule has 1 aliphatic heterocycles. The summed E-state index contributed by atoms with van der Waals surface area (Å²) in [6.07, 6.45) is 3.70. The van der Waals surface area contributed by atoms with E-state index < -0.39 is 4.92 Å². The number of anilines is 1. The van der Waals surface area contributed by atoms with Crippen LogP contribution in [0.3, 0.4) is 0 Å². The van der Waals surface area contributed by atoms with Crippen molar-refractivity contribution in [1.29, 1.82) is 0 Å². The molecule has 0 atom stereocenters. The van der Waals surface area contributed by atoms with E-state index in [1.54, 1.807) is 18.3 Å².